The zero-order valence-electron chi connectivity index (χ0n) is 9.45. The molecular formula is C13H18N2O. The number of likely N-dealkylation sites (tertiary alicyclic amines) is 1. The third kappa shape index (κ3) is 1.76. The van der Waals surface area contributed by atoms with Crippen LogP contribution in [0.3, 0.4) is 0 Å². The van der Waals surface area contributed by atoms with E-state index in [1.165, 1.54) is 37.2 Å². The lowest BCUT2D eigenvalue weighted by atomic mass is 9.89. The fraction of sp³-hybridized carbons (Fsp3) is 0.538. The van der Waals surface area contributed by atoms with Crippen molar-refractivity contribution in [2.24, 2.45) is 0 Å². The number of anilines is 1. The summed E-state index contributed by atoms with van der Waals surface area (Å²) < 4.78 is 0. The van der Waals surface area contributed by atoms with Gasteiger partial charge in [0.05, 0.1) is 0 Å². The molecule has 3 nitrogen and oxygen atoms in total. The van der Waals surface area contributed by atoms with E-state index in [1.807, 2.05) is 12.1 Å². The second kappa shape index (κ2) is 3.98. The van der Waals surface area contributed by atoms with Gasteiger partial charge in [0.15, 0.2) is 0 Å². The van der Waals surface area contributed by atoms with Crippen molar-refractivity contribution in [3.05, 3.63) is 23.8 Å². The third-order valence-corrected chi connectivity index (χ3v) is 3.71. The normalized spacial score (nSPS) is 24.4. The molecule has 3 rings (SSSR count). The molecule has 3 heteroatoms. The van der Waals surface area contributed by atoms with E-state index < -0.39 is 0 Å². The first-order valence-corrected chi connectivity index (χ1v) is 6.12. The lowest BCUT2D eigenvalue weighted by Crippen LogP contribution is -2.40. The maximum absolute atomic E-state index is 9.57. The highest BCUT2D eigenvalue weighted by Gasteiger charge is 2.24. The zero-order valence-corrected chi connectivity index (χ0v) is 9.45. The molecule has 0 spiro atoms. The van der Waals surface area contributed by atoms with Crippen LogP contribution >= 0.6 is 0 Å². The molecule has 2 heterocycles. The Morgan fingerprint density at radius 3 is 3.00 bits per heavy atom. The van der Waals surface area contributed by atoms with Crippen LogP contribution < -0.4 is 5.32 Å². The lowest BCUT2D eigenvalue weighted by Gasteiger charge is -2.36. The van der Waals surface area contributed by atoms with Crippen LogP contribution in [-0.4, -0.2) is 36.2 Å². The van der Waals surface area contributed by atoms with Gasteiger partial charge in [-0.3, -0.25) is 0 Å². The molecule has 1 atom stereocenters. The number of phenols is 1. The molecule has 1 saturated heterocycles. The number of aromatic hydroxyl groups is 1. The topological polar surface area (TPSA) is 35.5 Å². The highest BCUT2D eigenvalue weighted by atomic mass is 16.3. The van der Waals surface area contributed by atoms with Gasteiger partial charge in [-0.25, -0.2) is 0 Å². The smallest absolute Gasteiger partial charge is 0.116 e. The Labute approximate surface area is 96.1 Å². The van der Waals surface area contributed by atoms with Crippen molar-refractivity contribution < 1.29 is 5.11 Å². The minimum absolute atomic E-state index is 0.385. The summed E-state index contributed by atoms with van der Waals surface area (Å²) in [6.07, 6.45) is 2.52. The van der Waals surface area contributed by atoms with E-state index in [9.17, 15) is 5.11 Å². The number of benzene rings is 1. The number of nitrogens with zero attached hydrogens (tertiary/aromatic N) is 1. The summed E-state index contributed by atoms with van der Waals surface area (Å²) in [5, 5.41) is 13.0. The Kier molecular flexibility index (Phi) is 2.48. The van der Waals surface area contributed by atoms with Crippen LogP contribution in [-0.2, 0) is 0 Å². The van der Waals surface area contributed by atoms with Gasteiger partial charge in [-0.05, 0) is 49.7 Å². The molecule has 0 aromatic heterocycles. The van der Waals surface area contributed by atoms with Crippen molar-refractivity contribution in [3.8, 4) is 5.75 Å². The van der Waals surface area contributed by atoms with Gasteiger partial charge >= 0.3 is 0 Å². The first kappa shape index (κ1) is 9.97. The van der Waals surface area contributed by atoms with Crippen molar-refractivity contribution in [2.45, 2.75) is 18.8 Å². The van der Waals surface area contributed by atoms with Gasteiger partial charge in [0.1, 0.15) is 5.75 Å². The summed E-state index contributed by atoms with van der Waals surface area (Å²) in [7, 11) is 0. The highest BCUT2D eigenvalue weighted by Crippen LogP contribution is 2.35. The first-order valence-electron chi connectivity index (χ1n) is 6.12. The molecule has 1 aromatic rings. The Bertz CT molecular complexity index is 388. The second-order valence-electron chi connectivity index (χ2n) is 4.84. The molecule has 0 saturated carbocycles. The Balaban J connectivity index is 1.83. The third-order valence-electron chi connectivity index (χ3n) is 3.71. The standard InChI is InChI=1S/C13H18N2O/c16-11-2-3-13-12(8-11)10(4-5-14-13)9-15-6-1-7-15/h2-3,8,10,14,16H,1,4-7,9H2. The molecular weight excluding hydrogens is 200 g/mol. The molecule has 1 unspecified atom stereocenters. The van der Waals surface area contributed by atoms with E-state index in [-0.39, 0.29) is 0 Å². The van der Waals surface area contributed by atoms with Crippen molar-refractivity contribution >= 4 is 5.69 Å². The fourth-order valence-electron chi connectivity index (χ4n) is 2.65. The maximum Gasteiger partial charge on any atom is 0.116 e. The number of hydrogen-bond donors (Lipinski definition) is 2. The van der Waals surface area contributed by atoms with E-state index in [0.29, 0.717) is 11.7 Å². The Morgan fingerprint density at radius 1 is 1.38 bits per heavy atom. The SMILES string of the molecule is Oc1ccc2c(c1)C(CN1CCC1)CCN2. The summed E-state index contributed by atoms with van der Waals surface area (Å²) in [5.74, 6) is 0.972. The van der Waals surface area contributed by atoms with Gasteiger partial charge in [-0.2, -0.15) is 0 Å². The van der Waals surface area contributed by atoms with Crippen molar-refractivity contribution in [2.75, 3.05) is 31.5 Å². The molecule has 1 fully saturated rings. The van der Waals surface area contributed by atoms with E-state index >= 15 is 0 Å². The minimum Gasteiger partial charge on any atom is -0.508 e. The predicted molar refractivity (Wildman–Crippen MR) is 65.0 cm³/mol. The first-order chi connectivity index (χ1) is 7.83. The van der Waals surface area contributed by atoms with Gasteiger partial charge in [0.25, 0.3) is 0 Å². The van der Waals surface area contributed by atoms with Gasteiger partial charge in [0, 0.05) is 24.7 Å². The Hall–Kier alpha value is -1.22. The molecule has 0 aliphatic carbocycles. The summed E-state index contributed by atoms with van der Waals surface area (Å²) >= 11 is 0. The fourth-order valence-corrected chi connectivity index (χ4v) is 2.65. The largest absolute Gasteiger partial charge is 0.508 e. The van der Waals surface area contributed by atoms with Crippen LogP contribution in [0, 0.1) is 0 Å². The van der Waals surface area contributed by atoms with Crippen LogP contribution in [0.2, 0.25) is 0 Å². The predicted octanol–water partition coefficient (Wildman–Crippen LogP) is 2.00. The second-order valence-corrected chi connectivity index (χ2v) is 4.84. The maximum atomic E-state index is 9.57. The molecule has 2 aliphatic rings. The van der Waals surface area contributed by atoms with Gasteiger partial charge < -0.3 is 15.3 Å². The van der Waals surface area contributed by atoms with Gasteiger partial charge in [-0.15, -0.1) is 0 Å². The molecule has 0 amide bonds. The van der Waals surface area contributed by atoms with Crippen LogP contribution in [0.4, 0.5) is 5.69 Å². The van der Waals surface area contributed by atoms with Crippen LogP contribution in [0.15, 0.2) is 18.2 Å². The average molecular weight is 218 g/mol. The van der Waals surface area contributed by atoms with Crippen LogP contribution in [0.5, 0.6) is 5.75 Å². The molecule has 0 bridgehead atoms. The summed E-state index contributed by atoms with van der Waals surface area (Å²) in [6, 6.07) is 5.68. The summed E-state index contributed by atoms with van der Waals surface area (Å²) in [5.41, 5.74) is 2.49. The van der Waals surface area contributed by atoms with Crippen LogP contribution in [0.25, 0.3) is 0 Å². The van der Waals surface area contributed by atoms with E-state index in [0.717, 1.165) is 13.1 Å². The number of phenolic OH excluding ortho intramolecular Hbond substituents is 1. The minimum atomic E-state index is 0.385. The molecule has 16 heavy (non-hydrogen) atoms. The number of hydrogen-bond acceptors (Lipinski definition) is 3. The molecule has 86 valence electrons. The van der Waals surface area contributed by atoms with Gasteiger partial charge in [0.2, 0.25) is 0 Å². The average Bonchev–Trinajstić information content (AvgIpc) is 2.23. The summed E-state index contributed by atoms with van der Waals surface area (Å²) in [6.45, 7) is 4.70. The van der Waals surface area contributed by atoms with E-state index in [4.69, 9.17) is 0 Å². The number of nitrogens with one attached hydrogen (secondary N) is 1. The zero-order chi connectivity index (χ0) is 11.0. The number of rotatable bonds is 2. The quantitative estimate of drug-likeness (QED) is 0.745. The van der Waals surface area contributed by atoms with E-state index in [2.05, 4.69) is 10.2 Å². The van der Waals surface area contributed by atoms with E-state index in [1.54, 1.807) is 6.07 Å². The summed E-state index contributed by atoms with van der Waals surface area (Å²) in [4.78, 5) is 2.50. The highest BCUT2D eigenvalue weighted by molar-refractivity contribution is 5.57. The molecule has 2 aliphatic heterocycles. The Morgan fingerprint density at radius 2 is 2.25 bits per heavy atom. The van der Waals surface area contributed by atoms with Crippen molar-refractivity contribution in [3.63, 3.8) is 0 Å². The molecule has 1 aromatic carbocycles. The lowest BCUT2D eigenvalue weighted by molar-refractivity contribution is 0.167. The molecule has 0 radical (unpaired) electrons. The van der Waals surface area contributed by atoms with Gasteiger partial charge in [-0.1, -0.05) is 0 Å². The molecule has 2 N–H and O–H groups in total. The van der Waals surface area contributed by atoms with Crippen molar-refractivity contribution in [1.29, 1.82) is 0 Å². The van der Waals surface area contributed by atoms with Crippen LogP contribution in [0.1, 0.15) is 24.3 Å². The number of fused-ring (bicyclic) bond motifs is 1. The van der Waals surface area contributed by atoms with Crippen molar-refractivity contribution in [1.82, 2.24) is 4.90 Å². The monoisotopic (exact) mass is 218 g/mol.